The summed E-state index contributed by atoms with van der Waals surface area (Å²) in [7, 11) is 0. The summed E-state index contributed by atoms with van der Waals surface area (Å²) in [6.07, 6.45) is 1.44. The molecule has 0 saturated carbocycles. The van der Waals surface area contributed by atoms with Crippen molar-refractivity contribution in [3.05, 3.63) is 11.7 Å². The van der Waals surface area contributed by atoms with Crippen LogP contribution in [0.2, 0.25) is 0 Å². The van der Waals surface area contributed by atoms with Crippen LogP contribution >= 0.6 is 0 Å². The predicted molar refractivity (Wildman–Crippen MR) is 53.0 cm³/mol. The van der Waals surface area contributed by atoms with Gasteiger partial charge in [0.2, 0.25) is 5.89 Å². The van der Waals surface area contributed by atoms with Gasteiger partial charge in [0.1, 0.15) is 6.42 Å². The first-order chi connectivity index (χ1) is 7.60. The van der Waals surface area contributed by atoms with Gasteiger partial charge in [0.25, 0.3) is 0 Å². The lowest BCUT2D eigenvalue weighted by molar-refractivity contribution is -0.136. The van der Waals surface area contributed by atoms with Crippen LogP contribution in [-0.2, 0) is 21.4 Å². The number of ether oxygens (including phenoxy) is 1. The van der Waals surface area contributed by atoms with Gasteiger partial charge in [-0.25, -0.2) is 0 Å². The minimum atomic E-state index is -0.954. The molecule has 0 amide bonds. The van der Waals surface area contributed by atoms with Crippen LogP contribution in [0, 0.1) is 0 Å². The third kappa shape index (κ3) is 2.21. The third-order valence-corrected chi connectivity index (χ3v) is 2.89. The van der Waals surface area contributed by atoms with Crippen molar-refractivity contribution in [1.82, 2.24) is 10.1 Å². The smallest absolute Gasteiger partial charge is 0.311 e. The van der Waals surface area contributed by atoms with Gasteiger partial charge in [-0.1, -0.05) is 12.1 Å². The van der Waals surface area contributed by atoms with Crippen molar-refractivity contribution in [2.45, 2.75) is 31.6 Å². The number of aliphatic carboxylic acids is 1. The van der Waals surface area contributed by atoms with Crippen LogP contribution in [0.15, 0.2) is 4.52 Å². The summed E-state index contributed by atoms with van der Waals surface area (Å²) < 4.78 is 10.4. The number of aromatic nitrogens is 2. The molecule has 0 spiro atoms. The summed E-state index contributed by atoms with van der Waals surface area (Å²) in [4.78, 5) is 14.6. The Hall–Kier alpha value is -1.43. The molecule has 0 atom stereocenters. The van der Waals surface area contributed by atoms with E-state index >= 15 is 0 Å². The fourth-order valence-corrected chi connectivity index (χ4v) is 1.74. The van der Waals surface area contributed by atoms with Crippen LogP contribution in [0.3, 0.4) is 0 Å². The Morgan fingerprint density at radius 1 is 1.50 bits per heavy atom. The summed E-state index contributed by atoms with van der Waals surface area (Å²) >= 11 is 0. The zero-order valence-corrected chi connectivity index (χ0v) is 9.10. The molecule has 0 unspecified atom stereocenters. The van der Waals surface area contributed by atoms with E-state index in [9.17, 15) is 4.79 Å². The van der Waals surface area contributed by atoms with E-state index in [0.29, 0.717) is 19.1 Å². The number of nitrogens with zero attached hydrogens (tertiary/aromatic N) is 2. The van der Waals surface area contributed by atoms with Gasteiger partial charge in [0.05, 0.1) is 5.41 Å². The van der Waals surface area contributed by atoms with E-state index in [0.717, 1.165) is 12.8 Å². The molecule has 0 aromatic carbocycles. The molecule has 0 radical (unpaired) electrons. The van der Waals surface area contributed by atoms with Gasteiger partial charge in [-0.15, -0.1) is 0 Å². The SMILES string of the molecule is CC1(c2nc(CC(=O)O)no2)CCOCC1. The first-order valence-electron chi connectivity index (χ1n) is 5.23. The molecule has 1 aliphatic heterocycles. The lowest BCUT2D eigenvalue weighted by Gasteiger charge is -2.29. The highest BCUT2D eigenvalue weighted by molar-refractivity contribution is 5.68. The minimum absolute atomic E-state index is 0.179. The number of rotatable bonds is 3. The van der Waals surface area contributed by atoms with Crippen LogP contribution < -0.4 is 0 Å². The lowest BCUT2D eigenvalue weighted by Crippen LogP contribution is -2.31. The van der Waals surface area contributed by atoms with Gasteiger partial charge in [0, 0.05) is 13.2 Å². The Morgan fingerprint density at radius 2 is 2.19 bits per heavy atom. The van der Waals surface area contributed by atoms with Crippen molar-refractivity contribution in [3.63, 3.8) is 0 Å². The van der Waals surface area contributed by atoms with Crippen molar-refractivity contribution in [3.8, 4) is 0 Å². The second kappa shape index (κ2) is 4.21. The fourth-order valence-electron chi connectivity index (χ4n) is 1.74. The van der Waals surface area contributed by atoms with E-state index in [1.807, 2.05) is 6.92 Å². The molecule has 1 fully saturated rings. The van der Waals surface area contributed by atoms with Gasteiger partial charge in [-0.3, -0.25) is 4.79 Å². The molecule has 1 aromatic heterocycles. The number of carboxylic acid groups (broad SMARTS) is 1. The average Bonchev–Trinajstić information content (AvgIpc) is 2.67. The maximum Gasteiger partial charge on any atom is 0.311 e. The normalized spacial score (nSPS) is 19.6. The predicted octanol–water partition coefficient (Wildman–Crippen LogP) is 0.765. The molecule has 2 heterocycles. The maximum absolute atomic E-state index is 10.5. The highest BCUT2D eigenvalue weighted by atomic mass is 16.5. The van der Waals surface area contributed by atoms with Crippen LogP contribution in [0.4, 0.5) is 0 Å². The van der Waals surface area contributed by atoms with E-state index in [-0.39, 0.29) is 17.7 Å². The first-order valence-corrected chi connectivity index (χ1v) is 5.23. The zero-order valence-electron chi connectivity index (χ0n) is 9.10. The second-order valence-corrected chi connectivity index (χ2v) is 4.26. The summed E-state index contributed by atoms with van der Waals surface area (Å²) in [6, 6.07) is 0. The van der Waals surface area contributed by atoms with Gasteiger partial charge in [-0.2, -0.15) is 4.98 Å². The van der Waals surface area contributed by atoms with Crippen molar-refractivity contribution in [2.24, 2.45) is 0 Å². The highest BCUT2D eigenvalue weighted by Crippen LogP contribution is 2.32. The molecule has 6 heteroatoms. The molecule has 6 nitrogen and oxygen atoms in total. The van der Waals surface area contributed by atoms with Crippen molar-refractivity contribution >= 4 is 5.97 Å². The van der Waals surface area contributed by atoms with E-state index in [4.69, 9.17) is 14.4 Å². The molecule has 2 rings (SSSR count). The van der Waals surface area contributed by atoms with Crippen LogP contribution in [-0.4, -0.2) is 34.4 Å². The zero-order chi connectivity index (χ0) is 11.6. The standard InChI is InChI=1S/C10H14N2O4/c1-10(2-4-15-5-3-10)9-11-7(12-16-9)6-8(13)14/h2-6H2,1H3,(H,13,14). The van der Waals surface area contributed by atoms with Gasteiger partial charge in [-0.05, 0) is 12.8 Å². The average molecular weight is 226 g/mol. The van der Waals surface area contributed by atoms with Crippen LogP contribution in [0.25, 0.3) is 0 Å². The number of carbonyl (C=O) groups is 1. The van der Waals surface area contributed by atoms with Crippen LogP contribution in [0.5, 0.6) is 0 Å². The third-order valence-electron chi connectivity index (χ3n) is 2.89. The molecule has 1 saturated heterocycles. The number of carboxylic acids is 1. The Bertz CT molecular complexity index is 382. The highest BCUT2D eigenvalue weighted by Gasteiger charge is 2.35. The molecule has 0 bridgehead atoms. The van der Waals surface area contributed by atoms with Gasteiger partial charge >= 0.3 is 5.97 Å². The van der Waals surface area contributed by atoms with E-state index in [1.165, 1.54) is 0 Å². The summed E-state index contributed by atoms with van der Waals surface area (Å²) in [5, 5.41) is 12.3. The molecule has 1 aliphatic rings. The Balaban J connectivity index is 2.13. The monoisotopic (exact) mass is 226 g/mol. The lowest BCUT2D eigenvalue weighted by atomic mass is 9.82. The molecule has 1 N–H and O–H groups in total. The van der Waals surface area contributed by atoms with Crippen molar-refractivity contribution in [1.29, 1.82) is 0 Å². The van der Waals surface area contributed by atoms with Crippen molar-refractivity contribution < 1.29 is 19.2 Å². The fraction of sp³-hybridized carbons (Fsp3) is 0.700. The maximum atomic E-state index is 10.5. The minimum Gasteiger partial charge on any atom is -0.481 e. The Kier molecular flexibility index (Phi) is 2.91. The first kappa shape index (κ1) is 11.1. The quantitative estimate of drug-likeness (QED) is 0.819. The molecular weight excluding hydrogens is 212 g/mol. The van der Waals surface area contributed by atoms with Gasteiger partial charge in [0.15, 0.2) is 5.82 Å². The van der Waals surface area contributed by atoms with Crippen LogP contribution in [0.1, 0.15) is 31.5 Å². The molecule has 1 aromatic rings. The second-order valence-electron chi connectivity index (χ2n) is 4.26. The summed E-state index contributed by atoms with van der Waals surface area (Å²) in [5.74, 6) is -0.202. The van der Waals surface area contributed by atoms with E-state index in [2.05, 4.69) is 10.1 Å². The topological polar surface area (TPSA) is 85.5 Å². The summed E-state index contributed by atoms with van der Waals surface area (Å²) in [6.45, 7) is 3.38. The molecule has 0 aliphatic carbocycles. The van der Waals surface area contributed by atoms with E-state index < -0.39 is 5.97 Å². The molecule has 16 heavy (non-hydrogen) atoms. The largest absolute Gasteiger partial charge is 0.481 e. The van der Waals surface area contributed by atoms with E-state index in [1.54, 1.807) is 0 Å². The number of hydrogen-bond acceptors (Lipinski definition) is 5. The molecule has 88 valence electrons. The number of hydrogen-bond donors (Lipinski definition) is 1. The summed E-state index contributed by atoms with van der Waals surface area (Å²) in [5.41, 5.74) is -0.179. The van der Waals surface area contributed by atoms with Gasteiger partial charge < -0.3 is 14.4 Å². The molecular formula is C10H14N2O4. The Labute approximate surface area is 92.6 Å². The Morgan fingerprint density at radius 3 is 2.81 bits per heavy atom. The van der Waals surface area contributed by atoms with Crippen molar-refractivity contribution in [2.75, 3.05) is 13.2 Å².